The van der Waals surface area contributed by atoms with Crippen LogP contribution in [0.1, 0.15) is 19.3 Å². The minimum atomic E-state index is -4.07. The Morgan fingerprint density at radius 2 is 1.89 bits per heavy atom. The van der Waals surface area contributed by atoms with E-state index in [9.17, 15) is 13.2 Å². The van der Waals surface area contributed by atoms with E-state index in [2.05, 4.69) is 5.32 Å². The molecule has 0 saturated carbocycles. The molecule has 1 N–H and O–H groups in total. The van der Waals surface area contributed by atoms with E-state index >= 15 is 0 Å². The van der Waals surface area contributed by atoms with E-state index in [1.54, 1.807) is 7.05 Å². The van der Waals surface area contributed by atoms with E-state index in [0.29, 0.717) is 13.0 Å². The molecule has 102 valence electrons. The zero-order valence-corrected chi connectivity index (χ0v) is 10.3. The highest BCUT2D eigenvalue weighted by Gasteiger charge is 2.26. The van der Waals surface area contributed by atoms with Gasteiger partial charge in [0, 0.05) is 12.5 Å². The molecule has 1 aromatic carbocycles. The lowest BCUT2D eigenvalue weighted by atomic mass is 10.1. The van der Waals surface area contributed by atoms with Crippen molar-refractivity contribution in [1.82, 2.24) is 5.32 Å². The van der Waals surface area contributed by atoms with Gasteiger partial charge in [-0.15, -0.1) is 0 Å². The molecule has 0 aliphatic rings. The quantitative estimate of drug-likeness (QED) is 0.812. The van der Waals surface area contributed by atoms with Gasteiger partial charge in [0.2, 0.25) is 0 Å². The van der Waals surface area contributed by atoms with Gasteiger partial charge in [-0.1, -0.05) is 18.2 Å². The van der Waals surface area contributed by atoms with E-state index < -0.39 is 12.6 Å². The van der Waals surface area contributed by atoms with Gasteiger partial charge in [-0.2, -0.15) is 13.2 Å². The predicted octanol–water partition coefficient (Wildman–Crippen LogP) is 3.39. The Kier molecular flexibility index (Phi) is 5.98. The number of para-hydroxylation sites is 1. The monoisotopic (exact) mass is 261 g/mol. The molecule has 0 radical (unpaired) electrons. The third-order valence-electron chi connectivity index (χ3n) is 2.62. The van der Waals surface area contributed by atoms with Crippen molar-refractivity contribution < 1.29 is 17.9 Å². The maximum absolute atomic E-state index is 12.0. The average molecular weight is 261 g/mol. The molecular formula is C13H18F3NO. The molecule has 1 rings (SSSR count). The number of ether oxygens (including phenoxy) is 1. The van der Waals surface area contributed by atoms with Crippen LogP contribution in [-0.2, 0) is 0 Å². The lowest BCUT2D eigenvalue weighted by molar-refractivity contribution is -0.135. The van der Waals surface area contributed by atoms with E-state index in [0.717, 1.165) is 5.75 Å². The van der Waals surface area contributed by atoms with E-state index in [1.807, 2.05) is 30.3 Å². The molecule has 0 aromatic heterocycles. The molecule has 1 aromatic rings. The molecule has 0 aliphatic heterocycles. The minimum Gasteiger partial charge on any atom is -0.492 e. The van der Waals surface area contributed by atoms with Gasteiger partial charge in [0.05, 0.1) is 0 Å². The molecule has 1 atom stereocenters. The molecule has 0 fully saturated rings. The summed E-state index contributed by atoms with van der Waals surface area (Å²) in [6, 6.07) is 9.17. The fourth-order valence-electron chi connectivity index (χ4n) is 1.57. The zero-order chi connectivity index (χ0) is 13.4. The summed E-state index contributed by atoms with van der Waals surface area (Å²) in [4.78, 5) is 0. The molecular weight excluding hydrogens is 243 g/mol. The molecule has 0 spiro atoms. The lowest BCUT2D eigenvalue weighted by Gasteiger charge is -2.17. The Hall–Kier alpha value is -1.23. The van der Waals surface area contributed by atoms with Gasteiger partial charge in [-0.3, -0.25) is 0 Å². The molecule has 0 aliphatic carbocycles. The Balaban J connectivity index is 2.25. The number of hydrogen-bond acceptors (Lipinski definition) is 2. The summed E-state index contributed by atoms with van der Waals surface area (Å²) in [6.45, 7) is 0.373. The van der Waals surface area contributed by atoms with Gasteiger partial charge in [-0.25, -0.2) is 0 Å². The molecule has 2 nitrogen and oxygen atoms in total. The Morgan fingerprint density at radius 3 is 2.44 bits per heavy atom. The summed E-state index contributed by atoms with van der Waals surface area (Å²) in [5.74, 6) is 0.730. The first-order chi connectivity index (χ1) is 8.51. The van der Waals surface area contributed by atoms with Crippen LogP contribution in [0, 0.1) is 0 Å². The van der Waals surface area contributed by atoms with Crippen LogP contribution in [0.25, 0.3) is 0 Å². The van der Waals surface area contributed by atoms with Crippen molar-refractivity contribution in [3.63, 3.8) is 0 Å². The maximum Gasteiger partial charge on any atom is 0.389 e. The van der Waals surface area contributed by atoms with Crippen molar-refractivity contribution in [3.8, 4) is 5.75 Å². The van der Waals surface area contributed by atoms with Crippen molar-refractivity contribution >= 4 is 0 Å². The van der Waals surface area contributed by atoms with E-state index in [4.69, 9.17) is 4.74 Å². The average Bonchev–Trinajstić information content (AvgIpc) is 2.33. The summed E-state index contributed by atoms with van der Waals surface area (Å²) >= 11 is 0. The van der Waals surface area contributed by atoms with Crippen LogP contribution < -0.4 is 10.1 Å². The van der Waals surface area contributed by atoms with Crippen LogP contribution in [-0.4, -0.2) is 25.9 Å². The molecule has 0 bridgehead atoms. The highest BCUT2D eigenvalue weighted by molar-refractivity contribution is 5.20. The standard InChI is InChI=1S/C13H18F3NO/c1-17-11(6-5-9-13(14,15)16)10-18-12-7-3-2-4-8-12/h2-4,7-8,11,17H,5-6,9-10H2,1H3. The largest absolute Gasteiger partial charge is 0.492 e. The number of alkyl halides is 3. The second-order valence-corrected chi connectivity index (χ2v) is 4.12. The van der Waals surface area contributed by atoms with Gasteiger partial charge < -0.3 is 10.1 Å². The highest BCUT2D eigenvalue weighted by atomic mass is 19.4. The first-order valence-electron chi connectivity index (χ1n) is 5.93. The van der Waals surface area contributed by atoms with Crippen LogP contribution in [0.4, 0.5) is 13.2 Å². The van der Waals surface area contributed by atoms with E-state index in [-0.39, 0.29) is 12.5 Å². The van der Waals surface area contributed by atoms with Crippen molar-refractivity contribution in [2.45, 2.75) is 31.5 Å². The van der Waals surface area contributed by atoms with Crippen LogP contribution >= 0.6 is 0 Å². The fourth-order valence-corrected chi connectivity index (χ4v) is 1.57. The molecule has 5 heteroatoms. The van der Waals surface area contributed by atoms with Gasteiger partial charge in [0.25, 0.3) is 0 Å². The van der Waals surface area contributed by atoms with Gasteiger partial charge in [0.15, 0.2) is 0 Å². The Labute approximate surface area is 105 Å². The lowest BCUT2D eigenvalue weighted by Crippen LogP contribution is -2.32. The van der Waals surface area contributed by atoms with Crippen molar-refractivity contribution in [1.29, 1.82) is 0 Å². The van der Waals surface area contributed by atoms with Crippen molar-refractivity contribution in [3.05, 3.63) is 30.3 Å². The van der Waals surface area contributed by atoms with Crippen LogP contribution in [0.15, 0.2) is 30.3 Å². The summed E-state index contributed by atoms with van der Waals surface area (Å²) in [5.41, 5.74) is 0. The number of hydrogen-bond donors (Lipinski definition) is 1. The maximum atomic E-state index is 12.0. The Morgan fingerprint density at radius 1 is 1.22 bits per heavy atom. The third kappa shape index (κ3) is 6.49. The number of likely N-dealkylation sites (N-methyl/N-ethyl adjacent to an activating group) is 1. The van der Waals surface area contributed by atoms with Crippen LogP contribution in [0.5, 0.6) is 5.75 Å². The van der Waals surface area contributed by atoms with Crippen molar-refractivity contribution in [2.24, 2.45) is 0 Å². The van der Waals surface area contributed by atoms with E-state index in [1.165, 1.54) is 0 Å². The first-order valence-corrected chi connectivity index (χ1v) is 5.93. The fraction of sp³-hybridized carbons (Fsp3) is 0.538. The number of benzene rings is 1. The Bertz CT molecular complexity index is 327. The number of nitrogens with one attached hydrogen (secondary N) is 1. The van der Waals surface area contributed by atoms with Gasteiger partial charge >= 0.3 is 6.18 Å². The molecule has 18 heavy (non-hydrogen) atoms. The van der Waals surface area contributed by atoms with Gasteiger partial charge in [0.1, 0.15) is 12.4 Å². The smallest absolute Gasteiger partial charge is 0.389 e. The number of halogens is 3. The predicted molar refractivity (Wildman–Crippen MR) is 64.7 cm³/mol. The summed E-state index contributed by atoms with van der Waals surface area (Å²) < 4.78 is 41.5. The molecule has 0 amide bonds. The number of rotatable bonds is 7. The molecule has 0 heterocycles. The SMILES string of the molecule is CNC(CCCC(F)(F)F)COc1ccccc1. The topological polar surface area (TPSA) is 21.3 Å². The van der Waals surface area contributed by atoms with Crippen LogP contribution in [0.3, 0.4) is 0 Å². The minimum absolute atomic E-state index is 0.0624. The molecule has 1 unspecified atom stereocenters. The summed E-state index contributed by atoms with van der Waals surface area (Å²) in [7, 11) is 1.73. The zero-order valence-electron chi connectivity index (χ0n) is 10.3. The normalized spacial score (nSPS) is 13.3. The van der Waals surface area contributed by atoms with Crippen molar-refractivity contribution in [2.75, 3.05) is 13.7 Å². The summed E-state index contributed by atoms with van der Waals surface area (Å²) in [5, 5.41) is 2.97. The van der Waals surface area contributed by atoms with Gasteiger partial charge in [-0.05, 0) is 32.0 Å². The molecule has 0 saturated heterocycles. The third-order valence-corrected chi connectivity index (χ3v) is 2.62. The van der Waals surface area contributed by atoms with Crippen LogP contribution in [0.2, 0.25) is 0 Å². The second kappa shape index (κ2) is 7.26. The first kappa shape index (κ1) is 14.8. The highest BCUT2D eigenvalue weighted by Crippen LogP contribution is 2.22. The second-order valence-electron chi connectivity index (χ2n) is 4.12. The summed E-state index contributed by atoms with van der Waals surface area (Å²) in [6.07, 6.45) is -4.24.